The van der Waals surface area contributed by atoms with Crippen molar-refractivity contribution in [3.05, 3.63) is 0 Å². The van der Waals surface area contributed by atoms with Crippen LogP contribution in [0.25, 0.3) is 0 Å². The van der Waals surface area contributed by atoms with Gasteiger partial charge in [0.2, 0.25) is 10.0 Å². The second kappa shape index (κ2) is 4.73. The maximum absolute atomic E-state index is 12.9. The Morgan fingerprint density at radius 1 is 1.00 bits per heavy atom. The van der Waals surface area contributed by atoms with Crippen LogP contribution in [-0.4, -0.2) is 50.7 Å². The van der Waals surface area contributed by atoms with Crippen LogP contribution in [0.5, 0.6) is 0 Å². The fourth-order valence-electron chi connectivity index (χ4n) is 0.720. The molecule has 2 N–H and O–H groups in total. The normalized spacial score (nSPS) is 15.0. The zero-order valence-electron chi connectivity index (χ0n) is 9.07. The Morgan fingerprint density at radius 2 is 1.35 bits per heavy atom. The molecule has 0 aromatic rings. The Hall–Kier alpha value is -1.09. The highest BCUT2D eigenvalue weighted by Gasteiger charge is 2.80. The first-order valence-electron chi connectivity index (χ1n) is 4.00. The van der Waals surface area contributed by atoms with Gasteiger partial charge in [-0.05, 0) is 0 Å². The summed E-state index contributed by atoms with van der Waals surface area (Å²) in [5.74, 6) is -16.8. The van der Waals surface area contributed by atoms with Crippen molar-refractivity contribution in [3.63, 3.8) is 0 Å². The summed E-state index contributed by atoms with van der Waals surface area (Å²) < 4.78 is 125. The standard InChI is InChI=1S/C5H5F6NO6S2/c1-19(14,15)12-2(13)3(6,7)4(8,9)5(10,11)20(16,17)18/h1H3,(H,12,13)(H,16,17,18). The van der Waals surface area contributed by atoms with E-state index in [9.17, 15) is 48.0 Å². The molecule has 0 aliphatic rings. The summed E-state index contributed by atoms with van der Waals surface area (Å²) >= 11 is 0. The number of amides is 1. The number of carbonyl (C=O) groups is 1. The molecule has 7 nitrogen and oxygen atoms in total. The number of carbonyl (C=O) groups excluding carboxylic acids is 1. The summed E-state index contributed by atoms with van der Waals surface area (Å²) in [6.45, 7) is 0. The summed E-state index contributed by atoms with van der Waals surface area (Å²) in [6.07, 6.45) is 0.0695. The van der Waals surface area contributed by atoms with Gasteiger partial charge >= 0.3 is 33.1 Å². The van der Waals surface area contributed by atoms with E-state index in [2.05, 4.69) is 0 Å². The monoisotopic (exact) mass is 353 g/mol. The van der Waals surface area contributed by atoms with Crippen LogP contribution in [0.1, 0.15) is 0 Å². The number of halogens is 6. The van der Waals surface area contributed by atoms with E-state index >= 15 is 0 Å². The first-order chi connectivity index (χ1) is 8.38. The van der Waals surface area contributed by atoms with Gasteiger partial charge in [0.1, 0.15) is 0 Å². The predicted molar refractivity (Wildman–Crippen MR) is 49.4 cm³/mol. The fraction of sp³-hybridized carbons (Fsp3) is 0.800. The Kier molecular flexibility index (Phi) is 4.47. The molecule has 0 bridgehead atoms. The van der Waals surface area contributed by atoms with Crippen LogP contribution in [0, 0.1) is 0 Å². The summed E-state index contributed by atoms with van der Waals surface area (Å²) in [5, 5.41) is -6.74. The second-order valence-electron chi connectivity index (χ2n) is 3.34. The maximum Gasteiger partial charge on any atom is 0.438 e. The molecule has 0 aromatic carbocycles. The van der Waals surface area contributed by atoms with Crippen molar-refractivity contribution in [2.75, 3.05) is 6.26 Å². The molecule has 0 fully saturated rings. The lowest BCUT2D eigenvalue weighted by Gasteiger charge is -2.29. The molecule has 20 heavy (non-hydrogen) atoms. The summed E-state index contributed by atoms with van der Waals surface area (Å²) in [7, 11) is -11.8. The third kappa shape index (κ3) is 3.14. The minimum absolute atomic E-state index is 0.0695. The highest BCUT2D eigenvalue weighted by molar-refractivity contribution is 7.89. The quantitative estimate of drug-likeness (QED) is 0.523. The van der Waals surface area contributed by atoms with Gasteiger partial charge in [-0.3, -0.25) is 9.35 Å². The van der Waals surface area contributed by atoms with Gasteiger partial charge in [-0.25, -0.2) is 13.1 Å². The van der Waals surface area contributed by atoms with Crippen molar-refractivity contribution < 1.29 is 52.5 Å². The molecule has 0 radical (unpaired) electrons. The van der Waals surface area contributed by atoms with Crippen LogP contribution < -0.4 is 4.72 Å². The number of nitrogens with one attached hydrogen (secondary N) is 1. The summed E-state index contributed by atoms with van der Waals surface area (Å²) in [6, 6.07) is 0. The van der Waals surface area contributed by atoms with Crippen molar-refractivity contribution in [1.29, 1.82) is 0 Å². The highest BCUT2D eigenvalue weighted by Crippen LogP contribution is 2.48. The Balaban J connectivity index is 5.88. The summed E-state index contributed by atoms with van der Waals surface area (Å²) in [4.78, 5) is 10.6. The zero-order chi connectivity index (χ0) is 16.8. The molecule has 0 rings (SSSR count). The maximum atomic E-state index is 12.9. The van der Waals surface area contributed by atoms with Gasteiger partial charge in [0.05, 0.1) is 6.26 Å². The van der Waals surface area contributed by atoms with Crippen LogP contribution >= 0.6 is 0 Å². The molecular weight excluding hydrogens is 348 g/mol. The Bertz CT molecular complexity index is 610. The number of hydrogen-bond donors (Lipinski definition) is 2. The van der Waals surface area contributed by atoms with Crippen LogP contribution in [0.4, 0.5) is 26.3 Å². The lowest BCUT2D eigenvalue weighted by molar-refractivity contribution is -0.269. The second-order valence-corrected chi connectivity index (χ2v) is 6.56. The van der Waals surface area contributed by atoms with Crippen molar-refractivity contribution in [2.45, 2.75) is 17.1 Å². The van der Waals surface area contributed by atoms with Gasteiger partial charge in [-0.15, -0.1) is 0 Å². The molecule has 0 saturated heterocycles. The van der Waals surface area contributed by atoms with E-state index in [1.54, 1.807) is 0 Å². The smallest absolute Gasteiger partial charge is 0.281 e. The highest BCUT2D eigenvalue weighted by atomic mass is 32.2. The molecule has 0 aliphatic heterocycles. The molecule has 15 heteroatoms. The molecule has 0 aromatic heterocycles. The van der Waals surface area contributed by atoms with E-state index in [1.807, 2.05) is 0 Å². The van der Waals surface area contributed by atoms with Gasteiger partial charge in [0, 0.05) is 0 Å². The molecule has 0 spiro atoms. The zero-order valence-corrected chi connectivity index (χ0v) is 10.7. The third-order valence-electron chi connectivity index (χ3n) is 1.65. The van der Waals surface area contributed by atoms with Crippen molar-refractivity contribution in [2.24, 2.45) is 0 Å². The van der Waals surface area contributed by atoms with Gasteiger partial charge in [-0.2, -0.15) is 34.8 Å². The number of sulfonamides is 1. The van der Waals surface area contributed by atoms with E-state index in [0.717, 1.165) is 0 Å². The number of rotatable bonds is 5. The molecule has 0 heterocycles. The van der Waals surface area contributed by atoms with Crippen LogP contribution in [0.3, 0.4) is 0 Å². The first-order valence-corrected chi connectivity index (χ1v) is 7.34. The summed E-state index contributed by atoms with van der Waals surface area (Å²) in [5.41, 5.74) is 0. The topological polar surface area (TPSA) is 118 Å². The molecule has 0 aliphatic carbocycles. The number of alkyl halides is 6. The van der Waals surface area contributed by atoms with Crippen molar-refractivity contribution in [1.82, 2.24) is 4.72 Å². The Labute approximate surface area is 107 Å². The Morgan fingerprint density at radius 3 is 1.60 bits per heavy atom. The number of hydrogen-bond acceptors (Lipinski definition) is 5. The first kappa shape index (κ1) is 18.9. The average Bonchev–Trinajstić information content (AvgIpc) is 2.12. The molecule has 0 unspecified atom stereocenters. The van der Waals surface area contributed by atoms with Gasteiger partial charge < -0.3 is 0 Å². The van der Waals surface area contributed by atoms with Gasteiger partial charge in [0.25, 0.3) is 0 Å². The van der Waals surface area contributed by atoms with E-state index in [4.69, 9.17) is 4.55 Å². The molecule has 0 atom stereocenters. The lowest BCUT2D eigenvalue weighted by Crippen LogP contribution is -2.63. The van der Waals surface area contributed by atoms with E-state index in [-0.39, 0.29) is 11.0 Å². The van der Waals surface area contributed by atoms with E-state index in [0.29, 0.717) is 0 Å². The van der Waals surface area contributed by atoms with E-state index < -0.39 is 43.1 Å². The van der Waals surface area contributed by atoms with Crippen LogP contribution in [-0.2, 0) is 24.9 Å². The third-order valence-corrected chi connectivity index (χ3v) is 3.11. The van der Waals surface area contributed by atoms with Gasteiger partial charge in [0.15, 0.2) is 0 Å². The van der Waals surface area contributed by atoms with Gasteiger partial charge in [-0.1, -0.05) is 0 Å². The van der Waals surface area contributed by atoms with Crippen molar-refractivity contribution >= 4 is 26.0 Å². The molecule has 120 valence electrons. The molecular formula is C5H5F6NO6S2. The lowest BCUT2D eigenvalue weighted by atomic mass is 10.1. The fourth-order valence-corrected chi connectivity index (χ4v) is 1.64. The molecule has 1 amide bonds. The van der Waals surface area contributed by atoms with E-state index in [1.165, 1.54) is 0 Å². The minimum Gasteiger partial charge on any atom is -0.281 e. The van der Waals surface area contributed by atoms with Crippen LogP contribution in [0.2, 0.25) is 0 Å². The predicted octanol–water partition coefficient (Wildman–Crippen LogP) is -0.187. The average molecular weight is 353 g/mol. The van der Waals surface area contributed by atoms with Crippen molar-refractivity contribution in [3.8, 4) is 0 Å². The molecule has 0 saturated carbocycles. The largest absolute Gasteiger partial charge is 0.438 e. The van der Waals surface area contributed by atoms with Crippen LogP contribution in [0.15, 0.2) is 0 Å². The minimum atomic E-state index is -7.01. The SMILES string of the molecule is CS(=O)(=O)NC(=O)C(F)(F)C(F)(F)C(F)(F)S(=O)(=O)O.